The van der Waals surface area contributed by atoms with Gasteiger partial charge >= 0.3 is 0 Å². The Bertz CT molecular complexity index is 1270. The molecule has 0 spiro atoms. The van der Waals surface area contributed by atoms with Crippen LogP contribution in [0.4, 0.5) is 0 Å². The lowest BCUT2D eigenvalue weighted by atomic mass is 9.94. The van der Waals surface area contributed by atoms with Gasteiger partial charge in [-0.15, -0.1) is 0 Å². The minimum Gasteiger partial charge on any atom is -0.512 e. The van der Waals surface area contributed by atoms with Crippen molar-refractivity contribution in [3.8, 4) is 40.6 Å². The van der Waals surface area contributed by atoms with Crippen LogP contribution in [-0.4, -0.2) is 10.1 Å². The molecule has 0 aliphatic carbocycles. The van der Waals surface area contributed by atoms with Crippen LogP contribution in [0.3, 0.4) is 0 Å². The summed E-state index contributed by atoms with van der Waals surface area (Å²) in [4.78, 5) is 4.48. The third-order valence-electron chi connectivity index (χ3n) is 4.24. The number of aromatic nitrogens is 1. The van der Waals surface area contributed by atoms with Crippen LogP contribution in [0.1, 0.15) is 12.5 Å². The smallest absolute Gasteiger partial charge is 0.156 e. The second kappa shape index (κ2) is 7.87. The van der Waals surface area contributed by atoms with Crippen LogP contribution in [0.5, 0.6) is 0 Å². The molecular weight excluding hydrogens is 348 g/mol. The maximum absolute atomic E-state index is 10.5. The highest BCUT2D eigenvalue weighted by Crippen LogP contribution is 2.22. The lowest BCUT2D eigenvalue weighted by molar-refractivity contribution is 0.499. The Kier molecular flexibility index (Phi) is 5.17. The van der Waals surface area contributed by atoms with Gasteiger partial charge in [0.1, 0.15) is 23.6 Å². The van der Waals surface area contributed by atoms with Crippen LogP contribution in [0.2, 0.25) is 0 Å². The van der Waals surface area contributed by atoms with Crippen molar-refractivity contribution in [1.82, 2.24) is 4.98 Å². The van der Waals surface area contributed by atoms with E-state index in [-0.39, 0.29) is 22.2 Å². The summed E-state index contributed by atoms with van der Waals surface area (Å²) >= 11 is 0. The molecule has 0 unspecified atom stereocenters. The normalized spacial score (nSPS) is 10.9. The first-order chi connectivity index (χ1) is 13.6. The summed E-state index contributed by atoms with van der Waals surface area (Å²) in [5.41, 5.74) is 2.04. The van der Waals surface area contributed by atoms with E-state index in [0.717, 1.165) is 0 Å². The highest BCUT2D eigenvalue weighted by molar-refractivity contribution is 5.82. The second-order valence-electron chi connectivity index (χ2n) is 5.96. The summed E-state index contributed by atoms with van der Waals surface area (Å²) < 4.78 is 0. The van der Waals surface area contributed by atoms with E-state index in [1.54, 1.807) is 12.1 Å². The molecule has 0 fully saturated rings. The molecule has 0 saturated carbocycles. The SMILES string of the molecule is CC(O)=c1c(-c2ccccc2)nc(=C(C#N)C#N)c(C#N)c1-c1ccccc1. The van der Waals surface area contributed by atoms with Gasteiger partial charge in [0.05, 0.1) is 17.0 Å². The summed E-state index contributed by atoms with van der Waals surface area (Å²) in [7, 11) is 0. The highest BCUT2D eigenvalue weighted by atomic mass is 16.3. The van der Waals surface area contributed by atoms with E-state index < -0.39 is 0 Å². The largest absolute Gasteiger partial charge is 0.512 e. The molecule has 132 valence electrons. The molecule has 1 heterocycles. The molecular formula is C23H14N4O. The van der Waals surface area contributed by atoms with E-state index in [1.807, 2.05) is 60.7 Å². The Balaban J connectivity index is 2.70. The topological polar surface area (TPSA) is 104 Å². The first-order valence-electron chi connectivity index (χ1n) is 8.41. The first-order valence-corrected chi connectivity index (χ1v) is 8.41. The van der Waals surface area contributed by atoms with Gasteiger partial charge in [-0.25, -0.2) is 4.98 Å². The van der Waals surface area contributed by atoms with E-state index >= 15 is 0 Å². The Labute approximate surface area is 162 Å². The van der Waals surface area contributed by atoms with E-state index in [2.05, 4.69) is 11.1 Å². The van der Waals surface area contributed by atoms with Gasteiger partial charge in [-0.1, -0.05) is 60.7 Å². The molecule has 0 amide bonds. The molecule has 0 saturated heterocycles. The molecule has 0 radical (unpaired) electrons. The molecule has 5 heteroatoms. The van der Waals surface area contributed by atoms with Crippen LogP contribution >= 0.6 is 0 Å². The summed E-state index contributed by atoms with van der Waals surface area (Å²) in [6.07, 6.45) is 0. The predicted octanol–water partition coefficient (Wildman–Crippen LogP) is 3.17. The number of aliphatic hydroxyl groups excluding tert-OH is 1. The lowest BCUT2D eigenvalue weighted by Gasteiger charge is -2.12. The molecule has 0 atom stereocenters. The molecule has 2 aromatic carbocycles. The minimum absolute atomic E-state index is 0.00945. The van der Waals surface area contributed by atoms with Gasteiger partial charge in [-0.3, -0.25) is 0 Å². The minimum atomic E-state index is -0.256. The molecule has 3 rings (SSSR count). The van der Waals surface area contributed by atoms with Crippen LogP contribution in [0, 0.1) is 34.0 Å². The van der Waals surface area contributed by atoms with Gasteiger partial charge < -0.3 is 5.11 Å². The zero-order chi connectivity index (χ0) is 20.1. The summed E-state index contributed by atoms with van der Waals surface area (Å²) in [6.45, 7) is 1.52. The van der Waals surface area contributed by atoms with Gasteiger partial charge in [-0.2, -0.15) is 15.8 Å². The molecule has 0 bridgehead atoms. The number of pyridine rings is 1. The van der Waals surface area contributed by atoms with Gasteiger partial charge in [0.25, 0.3) is 0 Å². The Morgan fingerprint density at radius 2 is 1.39 bits per heavy atom. The van der Waals surface area contributed by atoms with Crippen LogP contribution in [-0.2, 0) is 0 Å². The molecule has 0 aliphatic heterocycles. The molecule has 1 N–H and O–H groups in total. The number of aliphatic hydroxyl groups is 1. The number of nitriles is 3. The number of benzene rings is 2. The van der Waals surface area contributed by atoms with E-state index in [9.17, 15) is 20.9 Å². The summed E-state index contributed by atoms with van der Waals surface area (Å²) in [5, 5.41) is 39.5. The van der Waals surface area contributed by atoms with Crippen molar-refractivity contribution < 1.29 is 5.11 Å². The molecule has 3 aromatic rings. The predicted molar refractivity (Wildman–Crippen MR) is 105 cm³/mol. The average molecular weight is 362 g/mol. The molecule has 28 heavy (non-hydrogen) atoms. The van der Waals surface area contributed by atoms with Crippen molar-refractivity contribution in [3.05, 3.63) is 76.8 Å². The maximum atomic E-state index is 10.5. The molecule has 0 aliphatic rings. The maximum Gasteiger partial charge on any atom is 0.156 e. The third-order valence-corrected chi connectivity index (χ3v) is 4.24. The monoisotopic (exact) mass is 362 g/mol. The average Bonchev–Trinajstić information content (AvgIpc) is 2.74. The van der Waals surface area contributed by atoms with Crippen LogP contribution in [0.15, 0.2) is 60.7 Å². The Hall–Kier alpha value is -4.40. The summed E-state index contributed by atoms with van der Waals surface area (Å²) in [6, 6.07) is 23.9. The van der Waals surface area contributed by atoms with Crippen molar-refractivity contribution in [2.24, 2.45) is 0 Å². The van der Waals surface area contributed by atoms with Gasteiger partial charge in [0.2, 0.25) is 0 Å². The van der Waals surface area contributed by atoms with E-state index in [0.29, 0.717) is 27.6 Å². The highest BCUT2D eigenvalue weighted by Gasteiger charge is 2.19. The summed E-state index contributed by atoms with van der Waals surface area (Å²) in [5.74, 6) is -0.0104. The van der Waals surface area contributed by atoms with Crippen LogP contribution < -0.4 is 10.6 Å². The fraction of sp³-hybridized carbons (Fsp3) is 0.0435. The van der Waals surface area contributed by atoms with Crippen molar-refractivity contribution in [1.29, 1.82) is 15.8 Å². The fourth-order valence-electron chi connectivity index (χ4n) is 3.06. The van der Waals surface area contributed by atoms with E-state index in [1.165, 1.54) is 6.92 Å². The Morgan fingerprint density at radius 3 is 1.86 bits per heavy atom. The zero-order valence-corrected chi connectivity index (χ0v) is 15.0. The molecule has 5 nitrogen and oxygen atoms in total. The molecule has 1 aromatic heterocycles. The third kappa shape index (κ3) is 3.19. The quantitative estimate of drug-likeness (QED) is 0.754. The Morgan fingerprint density at radius 1 is 0.857 bits per heavy atom. The number of rotatable bonds is 2. The van der Waals surface area contributed by atoms with Gasteiger partial charge in [-0.05, 0) is 12.5 Å². The van der Waals surface area contributed by atoms with Crippen molar-refractivity contribution in [3.63, 3.8) is 0 Å². The standard InChI is InChI=1S/C23H14N4O/c1-15(28)20-21(16-8-4-2-5-9-16)19(14-26)22(18(12-24)13-25)27-23(20)17-10-6-3-7-11-17/h2-11,28H,1H3. The number of hydrogen-bond acceptors (Lipinski definition) is 5. The van der Waals surface area contributed by atoms with Crippen molar-refractivity contribution in [2.75, 3.05) is 0 Å². The van der Waals surface area contributed by atoms with E-state index in [4.69, 9.17) is 0 Å². The van der Waals surface area contributed by atoms with Gasteiger partial charge in [0, 0.05) is 16.3 Å². The number of nitrogens with zero attached hydrogens (tertiary/aromatic N) is 4. The lowest BCUT2D eigenvalue weighted by Crippen LogP contribution is -2.27. The fourth-order valence-corrected chi connectivity index (χ4v) is 3.06. The van der Waals surface area contributed by atoms with Crippen molar-refractivity contribution >= 4 is 11.3 Å². The second-order valence-corrected chi connectivity index (χ2v) is 5.96. The first kappa shape index (κ1) is 18.4. The van der Waals surface area contributed by atoms with Crippen LogP contribution in [0.25, 0.3) is 33.7 Å². The zero-order valence-electron chi connectivity index (χ0n) is 15.0. The number of hydrogen-bond donors (Lipinski definition) is 1. The van der Waals surface area contributed by atoms with Gasteiger partial charge in [0.15, 0.2) is 5.57 Å². The van der Waals surface area contributed by atoms with Crippen molar-refractivity contribution in [2.45, 2.75) is 6.92 Å².